The monoisotopic (exact) mass is 167 g/mol. The molecule has 1 heterocycles. The lowest BCUT2D eigenvalue weighted by Gasteiger charge is -1.77. The van der Waals surface area contributed by atoms with Gasteiger partial charge in [-0.3, -0.25) is 0 Å². The van der Waals surface area contributed by atoms with Crippen molar-refractivity contribution >= 4 is 23.5 Å². The van der Waals surface area contributed by atoms with Crippen LogP contribution in [0.25, 0.3) is 12.2 Å². The Morgan fingerprint density at radius 3 is 2.73 bits per heavy atom. The van der Waals surface area contributed by atoms with E-state index >= 15 is 0 Å². The molecule has 1 aromatic rings. The molecule has 0 radical (unpaired) electrons. The Morgan fingerprint density at radius 2 is 2.09 bits per heavy atom. The van der Waals surface area contributed by atoms with E-state index in [1.807, 2.05) is 5.51 Å². The third-order valence-electron chi connectivity index (χ3n) is 1.41. The zero-order chi connectivity index (χ0) is 8.10. The summed E-state index contributed by atoms with van der Waals surface area (Å²) in [6.07, 6.45) is 6.54. The lowest BCUT2D eigenvalue weighted by molar-refractivity contribution is 1.22. The van der Waals surface area contributed by atoms with Crippen molar-refractivity contribution in [1.82, 2.24) is 4.98 Å². The van der Waals surface area contributed by atoms with Gasteiger partial charge in [-0.25, -0.2) is 4.98 Å². The van der Waals surface area contributed by atoms with Crippen LogP contribution in [0.1, 0.15) is 26.7 Å². The SMILES string of the molecule is CC/C=c1/ncs/c1=C/CC. The van der Waals surface area contributed by atoms with Gasteiger partial charge in [-0.05, 0) is 12.8 Å². The first-order valence-electron chi connectivity index (χ1n) is 3.98. The van der Waals surface area contributed by atoms with Gasteiger partial charge in [-0.15, -0.1) is 11.3 Å². The summed E-state index contributed by atoms with van der Waals surface area (Å²) < 4.78 is 1.31. The van der Waals surface area contributed by atoms with Crippen LogP contribution in [0.3, 0.4) is 0 Å². The maximum Gasteiger partial charge on any atom is 0.0805 e. The first-order chi connectivity index (χ1) is 5.38. The van der Waals surface area contributed by atoms with E-state index in [1.165, 1.54) is 4.53 Å². The highest BCUT2D eigenvalue weighted by Gasteiger charge is 1.85. The van der Waals surface area contributed by atoms with Crippen LogP contribution in [0.5, 0.6) is 0 Å². The third-order valence-corrected chi connectivity index (χ3v) is 2.25. The maximum absolute atomic E-state index is 4.26. The van der Waals surface area contributed by atoms with Gasteiger partial charge in [0.05, 0.1) is 10.9 Å². The molecular formula is C9H13NS. The second kappa shape index (κ2) is 4.29. The van der Waals surface area contributed by atoms with Crippen molar-refractivity contribution in [3.8, 4) is 0 Å². The molecule has 0 spiro atoms. The van der Waals surface area contributed by atoms with Gasteiger partial charge >= 0.3 is 0 Å². The molecule has 0 amide bonds. The number of rotatable bonds is 2. The molecule has 60 valence electrons. The number of thiazole rings is 1. The van der Waals surface area contributed by atoms with Crippen molar-refractivity contribution in [3.05, 3.63) is 15.4 Å². The van der Waals surface area contributed by atoms with E-state index < -0.39 is 0 Å². The summed E-state index contributed by atoms with van der Waals surface area (Å²) in [6, 6.07) is 0. The highest BCUT2D eigenvalue weighted by molar-refractivity contribution is 7.07. The van der Waals surface area contributed by atoms with Gasteiger partial charge in [0.15, 0.2) is 0 Å². The lowest BCUT2D eigenvalue weighted by Crippen LogP contribution is -2.20. The average Bonchev–Trinajstić information content (AvgIpc) is 2.39. The molecule has 1 aromatic heterocycles. The molecule has 0 unspecified atom stereocenters. The first-order valence-corrected chi connectivity index (χ1v) is 4.86. The van der Waals surface area contributed by atoms with Gasteiger partial charge in [0.2, 0.25) is 0 Å². The molecule has 0 saturated heterocycles. The molecule has 0 saturated carbocycles. The highest BCUT2D eigenvalue weighted by Crippen LogP contribution is 1.81. The molecule has 0 bridgehead atoms. The molecule has 0 atom stereocenters. The molecule has 0 aliphatic rings. The zero-order valence-corrected chi connectivity index (χ0v) is 7.82. The molecule has 11 heavy (non-hydrogen) atoms. The van der Waals surface area contributed by atoms with Gasteiger partial charge in [-0.1, -0.05) is 26.0 Å². The summed E-state index contributed by atoms with van der Waals surface area (Å²) in [5.74, 6) is 0. The van der Waals surface area contributed by atoms with Crippen molar-refractivity contribution in [2.75, 3.05) is 0 Å². The van der Waals surface area contributed by atoms with Gasteiger partial charge in [0, 0.05) is 4.53 Å². The van der Waals surface area contributed by atoms with Crippen molar-refractivity contribution < 1.29 is 0 Å². The number of nitrogens with zero attached hydrogens (tertiary/aromatic N) is 1. The number of aromatic nitrogens is 1. The zero-order valence-electron chi connectivity index (χ0n) is 7.00. The second-order valence-corrected chi connectivity index (χ2v) is 3.21. The second-order valence-electron chi connectivity index (χ2n) is 2.33. The predicted octanol–water partition coefficient (Wildman–Crippen LogP) is 1.52. The summed E-state index contributed by atoms with van der Waals surface area (Å²) in [5, 5.41) is 1.15. The van der Waals surface area contributed by atoms with Crippen molar-refractivity contribution in [3.63, 3.8) is 0 Å². The summed E-state index contributed by atoms with van der Waals surface area (Å²) in [6.45, 7) is 4.28. The van der Waals surface area contributed by atoms with Crippen molar-refractivity contribution in [1.29, 1.82) is 0 Å². The summed E-state index contributed by atoms with van der Waals surface area (Å²) in [7, 11) is 0. The van der Waals surface area contributed by atoms with Crippen molar-refractivity contribution in [2.24, 2.45) is 0 Å². The minimum atomic E-state index is 1.06. The molecule has 0 aromatic carbocycles. The molecule has 2 heteroatoms. The molecule has 0 aliphatic heterocycles. The Kier molecular flexibility index (Phi) is 3.30. The quantitative estimate of drug-likeness (QED) is 0.651. The van der Waals surface area contributed by atoms with Crippen LogP contribution in [-0.4, -0.2) is 4.98 Å². The summed E-state index contributed by atoms with van der Waals surface area (Å²) >= 11 is 1.72. The summed E-state index contributed by atoms with van der Waals surface area (Å²) in [5.41, 5.74) is 1.91. The molecule has 0 N–H and O–H groups in total. The molecule has 0 fully saturated rings. The topological polar surface area (TPSA) is 12.9 Å². The van der Waals surface area contributed by atoms with E-state index in [2.05, 4.69) is 31.0 Å². The fourth-order valence-electron chi connectivity index (χ4n) is 0.949. The Hall–Kier alpha value is -0.630. The van der Waals surface area contributed by atoms with Gasteiger partial charge in [0.1, 0.15) is 0 Å². The van der Waals surface area contributed by atoms with Crippen LogP contribution in [0.15, 0.2) is 5.51 Å². The standard InChI is InChI=1S/C9H13NS/c1-3-5-8-9(6-4-2)11-7-10-8/h5-7H,3-4H2,1-2H3/b8-5+,9-6+. The minimum Gasteiger partial charge on any atom is -0.245 e. The fraction of sp³-hybridized carbons (Fsp3) is 0.444. The number of hydrogen-bond acceptors (Lipinski definition) is 2. The maximum atomic E-state index is 4.26. The van der Waals surface area contributed by atoms with Crippen LogP contribution in [0.2, 0.25) is 0 Å². The molecule has 1 nitrogen and oxygen atoms in total. The minimum absolute atomic E-state index is 1.06. The van der Waals surface area contributed by atoms with Gasteiger partial charge in [-0.2, -0.15) is 0 Å². The third kappa shape index (κ3) is 2.15. The highest BCUT2D eigenvalue weighted by atomic mass is 32.1. The molecular weight excluding hydrogens is 154 g/mol. The average molecular weight is 167 g/mol. The fourth-order valence-corrected chi connectivity index (χ4v) is 1.75. The normalized spacial score (nSPS) is 14.4. The lowest BCUT2D eigenvalue weighted by atomic mass is 10.4. The Bertz CT molecular complexity index is 280. The van der Waals surface area contributed by atoms with E-state index in [-0.39, 0.29) is 0 Å². The van der Waals surface area contributed by atoms with E-state index in [4.69, 9.17) is 0 Å². The van der Waals surface area contributed by atoms with Crippen LogP contribution in [0, 0.1) is 0 Å². The van der Waals surface area contributed by atoms with E-state index in [0.717, 1.165) is 18.2 Å². The first kappa shape index (κ1) is 8.47. The predicted molar refractivity (Wildman–Crippen MR) is 50.9 cm³/mol. The number of hydrogen-bond donors (Lipinski definition) is 0. The van der Waals surface area contributed by atoms with Crippen LogP contribution >= 0.6 is 11.3 Å². The van der Waals surface area contributed by atoms with E-state index in [1.54, 1.807) is 11.3 Å². The molecule has 0 aliphatic carbocycles. The van der Waals surface area contributed by atoms with Crippen molar-refractivity contribution in [2.45, 2.75) is 26.7 Å². The smallest absolute Gasteiger partial charge is 0.0805 e. The van der Waals surface area contributed by atoms with Crippen LogP contribution < -0.4 is 9.88 Å². The molecule has 1 rings (SSSR count). The van der Waals surface area contributed by atoms with Crippen LogP contribution in [-0.2, 0) is 0 Å². The largest absolute Gasteiger partial charge is 0.245 e. The van der Waals surface area contributed by atoms with Gasteiger partial charge in [0.25, 0.3) is 0 Å². The Labute approximate surface area is 71.1 Å². The Balaban J connectivity index is 3.16. The Morgan fingerprint density at radius 1 is 1.36 bits per heavy atom. The van der Waals surface area contributed by atoms with Crippen LogP contribution in [0.4, 0.5) is 0 Å². The van der Waals surface area contributed by atoms with E-state index in [0.29, 0.717) is 0 Å². The summed E-state index contributed by atoms with van der Waals surface area (Å²) in [4.78, 5) is 4.26. The van der Waals surface area contributed by atoms with E-state index in [9.17, 15) is 0 Å². The van der Waals surface area contributed by atoms with Gasteiger partial charge < -0.3 is 0 Å².